The number of rotatable bonds is 4. The summed E-state index contributed by atoms with van der Waals surface area (Å²) < 4.78 is 0.865. The van der Waals surface area contributed by atoms with Crippen molar-refractivity contribution >= 4 is 27.7 Å². The van der Waals surface area contributed by atoms with Gasteiger partial charge in [0.05, 0.1) is 6.42 Å². The fourth-order valence-electron chi connectivity index (χ4n) is 1.49. The Morgan fingerprint density at radius 3 is 2.53 bits per heavy atom. The molecule has 92 valence electrons. The molecule has 2 N–H and O–H groups in total. The second-order valence-electron chi connectivity index (χ2n) is 3.62. The summed E-state index contributed by atoms with van der Waals surface area (Å²) in [6.07, 6.45) is 0.195. The molecule has 0 bridgehead atoms. The quantitative estimate of drug-likeness (QED) is 0.912. The normalized spacial score (nSPS) is 10.1. The fourth-order valence-corrected chi connectivity index (χ4v) is 1.91. The van der Waals surface area contributed by atoms with E-state index in [4.69, 9.17) is 5.73 Å². The summed E-state index contributed by atoms with van der Waals surface area (Å²) in [4.78, 5) is 24.4. The van der Waals surface area contributed by atoms with E-state index in [1.807, 2.05) is 24.3 Å². The monoisotopic (exact) mass is 298 g/mol. The Morgan fingerprint density at radius 1 is 1.35 bits per heavy atom. The maximum absolute atomic E-state index is 11.9. The minimum Gasteiger partial charge on any atom is -0.329 e. The molecular formula is C12H15BrN2O2. The fraction of sp³-hybridized carbons (Fsp3) is 0.333. The molecule has 0 unspecified atom stereocenters. The molecule has 0 aromatic heterocycles. The number of carbonyl (C=O) groups is 2. The largest absolute Gasteiger partial charge is 0.329 e. The molecule has 1 aromatic carbocycles. The van der Waals surface area contributed by atoms with Crippen LogP contribution in [-0.4, -0.2) is 29.8 Å². The Balaban J connectivity index is 2.77. The van der Waals surface area contributed by atoms with Crippen molar-refractivity contribution in [2.75, 3.05) is 13.1 Å². The Morgan fingerprint density at radius 2 is 2.00 bits per heavy atom. The highest BCUT2D eigenvalue weighted by molar-refractivity contribution is 9.10. The number of benzene rings is 1. The Bertz CT molecular complexity index is 421. The van der Waals surface area contributed by atoms with Crippen LogP contribution in [-0.2, 0) is 16.0 Å². The summed E-state index contributed by atoms with van der Waals surface area (Å²) in [6, 6.07) is 7.45. The number of hydrogen-bond donors (Lipinski definition) is 1. The van der Waals surface area contributed by atoms with Crippen LogP contribution in [0.4, 0.5) is 0 Å². The Labute approximate surface area is 109 Å². The zero-order valence-electron chi connectivity index (χ0n) is 9.65. The molecule has 0 saturated carbocycles. The molecule has 0 aliphatic rings. The van der Waals surface area contributed by atoms with Crippen LogP contribution in [0, 0.1) is 0 Å². The van der Waals surface area contributed by atoms with Crippen molar-refractivity contribution < 1.29 is 9.59 Å². The molecule has 0 radical (unpaired) electrons. The van der Waals surface area contributed by atoms with Crippen molar-refractivity contribution in [3.63, 3.8) is 0 Å². The van der Waals surface area contributed by atoms with Gasteiger partial charge >= 0.3 is 0 Å². The summed E-state index contributed by atoms with van der Waals surface area (Å²) in [5, 5.41) is 0. The number of halogens is 1. The minimum absolute atomic E-state index is 0.195. The highest BCUT2D eigenvalue weighted by atomic mass is 79.9. The van der Waals surface area contributed by atoms with E-state index in [1.54, 1.807) is 0 Å². The number of carbonyl (C=O) groups excluding carboxylic acids is 2. The molecule has 0 spiro atoms. The van der Waals surface area contributed by atoms with Crippen LogP contribution >= 0.6 is 15.9 Å². The van der Waals surface area contributed by atoms with Crippen molar-refractivity contribution in [2.24, 2.45) is 5.73 Å². The first-order valence-electron chi connectivity index (χ1n) is 5.30. The Hall–Kier alpha value is -1.20. The minimum atomic E-state index is -0.271. The van der Waals surface area contributed by atoms with E-state index in [2.05, 4.69) is 15.9 Å². The van der Waals surface area contributed by atoms with Crippen molar-refractivity contribution in [1.82, 2.24) is 4.90 Å². The van der Waals surface area contributed by atoms with Crippen LogP contribution in [0.15, 0.2) is 28.7 Å². The van der Waals surface area contributed by atoms with Gasteiger partial charge in [0.1, 0.15) is 0 Å². The summed E-state index contributed by atoms with van der Waals surface area (Å²) in [6.45, 7) is 1.91. The van der Waals surface area contributed by atoms with E-state index in [0.717, 1.165) is 10.0 Å². The molecule has 0 saturated heterocycles. The smallest absolute Gasteiger partial charge is 0.233 e. The third-order valence-corrected chi connectivity index (χ3v) is 3.11. The molecule has 1 aromatic rings. The summed E-state index contributed by atoms with van der Waals surface area (Å²) >= 11 is 3.37. The van der Waals surface area contributed by atoms with Crippen molar-refractivity contribution in [2.45, 2.75) is 13.3 Å². The maximum atomic E-state index is 11.9. The Kier molecular flexibility index (Phi) is 5.31. The van der Waals surface area contributed by atoms with Crippen LogP contribution in [0.1, 0.15) is 12.5 Å². The highest BCUT2D eigenvalue weighted by Gasteiger charge is 2.17. The second-order valence-corrected chi connectivity index (χ2v) is 4.48. The first-order valence-corrected chi connectivity index (χ1v) is 6.10. The third kappa shape index (κ3) is 3.94. The summed E-state index contributed by atoms with van der Waals surface area (Å²) in [7, 11) is 0. The van der Waals surface area contributed by atoms with Crippen LogP contribution in [0.5, 0.6) is 0 Å². The van der Waals surface area contributed by atoms with E-state index < -0.39 is 0 Å². The number of nitrogens with two attached hydrogens (primary N) is 1. The average molecular weight is 299 g/mol. The molecule has 0 aliphatic carbocycles. The molecule has 17 heavy (non-hydrogen) atoms. The second kappa shape index (κ2) is 6.51. The van der Waals surface area contributed by atoms with Crippen molar-refractivity contribution in [1.29, 1.82) is 0 Å². The van der Waals surface area contributed by atoms with E-state index in [0.29, 0.717) is 0 Å². The standard InChI is InChI=1S/C12H15BrN2O2/c1-9(16)15(7-6-14)12(17)8-10-4-2-3-5-11(10)13/h2-5H,6-8,14H2,1H3. The van der Waals surface area contributed by atoms with Crippen molar-refractivity contribution in [3.8, 4) is 0 Å². The predicted molar refractivity (Wildman–Crippen MR) is 69.3 cm³/mol. The zero-order chi connectivity index (χ0) is 12.8. The van der Waals surface area contributed by atoms with Gasteiger partial charge in [-0.15, -0.1) is 0 Å². The van der Waals surface area contributed by atoms with Gasteiger partial charge in [0.25, 0.3) is 0 Å². The molecular weight excluding hydrogens is 284 g/mol. The van der Waals surface area contributed by atoms with Gasteiger partial charge in [-0.3, -0.25) is 14.5 Å². The maximum Gasteiger partial charge on any atom is 0.233 e. The first kappa shape index (κ1) is 13.9. The SMILES string of the molecule is CC(=O)N(CCN)C(=O)Cc1ccccc1Br. The van der Waals surface area contributed by atoms with E-state index in [-0.39, 0.29) is 31.3 Å². The summed E-state index contributed by atoms with van der Waals surface area (Å²) in [5.74, 6) is -0.498. The summed E-state index contributed by atoms with van der Waals surface area (Å²) in [5.41, 5.74) is 6.23. The predicted octanol–water partition coefficient (Wildman–Crippen LogP) is 1.33. The lowest BCUT2D eigenvalue weighted by Crippen LogP contribution is -2.39. The van der Waals surface area contributed by atoms with Gasteiger partial charge < -0.3 is 5.73 Å². The van der Waals surface area contributed by atoms with Crippen LogP contribution in [0.25, 0.3) is 0 Å². The molecule has 0 fully saturated rings. The molecule has 5 heteroatoms. The first-order chi connectivity index (χ1) is 8.06. The molecule has 0 atom stereocenters. The van der Waals surface area contributed by atoms with Gasteiger partial charge in [-0.2, -0.15) is 0 Å². The average Bonchev–Trinajstić information content (AvgIpc) is 2.28. The van der Waals surface area contributed by atoms with Gasteiger partial charge in [0, 0.05) is 24.5 Å². The van der Waals surface area contributed by atoms with E-state index in [9.17, 15) is 9.59 Å². The van der Waals surface area contributed by atoms with Crippen LogP contribution in [0.2, 0.25) is 0 Å². The molecule has 0 heterocycles. The van der Waals surface area contributed by atoms with Gasteiger partial charge in [0.2, 0.25) is 11.8 Å². The van der Waals surface area contributed by atoms with Gasteiger partial charge in [0.15, 0.2) is 0 Å². The topological polar surface area (TPSA) is 63.4 Å². The van der Waals surface area contributed by atoms with Crippen molar-refractivity contribution in [3.05, 3.63) is 34.3 Å². The van der Waals surface area contributed by atoms with Gasteiger partial charge in [-0.05, 0) is 11.6 Å². The van der Waals surface area contributed by atoms with E-state index in [1.165, 1.54) is 11.8 Å². The highest BCUT2D eigenvalue weighted by Crippen LogP contribution is 2.17. The number of amides is 2. The van der Waals surface area contributed by atoms with Gasteiger partial charge in [-0.25, -0.2) is 0 Å². The molecule has 1 rings (SSSR count). The van der Waals surface area contributed by atoms with Crippen LogP contribution in [0.3, 0.4) is 0 Å². The zero-order valence-corrected chi connectivity index (χ0v) is 11.2. The third-order valence-electron chi connectivity index (χ3n) is 2.33. The lowest BCUT2D eigenvalue weighted by Gasteiger charge is -2.18. The number of imide groups is 1. The lowest BCUT2D eigenvalue weighted by atomic mass is 10.1. The van der Waals surface area contributed by atoms with Crippen LogP contribution < -0.4 is 5.73 Å². The lowest BCUT2D eigenvalue weighted by molar-refractivity contribution is -0.142. The molecule has 4 nitrogen and oxygen atoms in total. The number of nitrogens with zero attached hydrogens (tertiary/aromatic N) is 1. The molecule has 2 amide bonds. The molecule has 0 aliphatic heterocycles. The van der Waals surface area contributed by atoms with E-state index >= 15 is 0 Å². The van der Waals surface area contributed by atoms with Gasteiger partial charge in [-0.1, -0.05) is 34.1 Å². The number of hydrogen-bond acceptors (Lipinski definition) is 3.